The van der Waals surface area contributed by atoms with Crippen LogP contribution in [0.2, 0.25) is 0 Å². The summed E-state index contributed by atoms with van der Waals surface area (Å²) in [5.74, 6) is -0.601. The van der Waals surface area contributed by atoms with Crippen LogP contribution in [0.15, 0.2) is 71.2 Å². The molecule has 0 unspecified atom stereocenters. The Bertz CT molecular complexity index is 1430. The number of benzene rings is 3. The predicted molar refractivity (Wildman–Crippen MR) is 145 cm³/mol. The lowest BCUT2D eigenvalue weighted by molar-refractivity contribution is -0.144. The Morgan fingerprint density at radius 1 is 1.03 bits per heavy atom. The third-order valence-corrected chi connectivity index (χ3v) is 7.05. The summed E-state index contributed by atoms with van der Waals surface area (Å²) in [6.45, 7) is 8.21. The van der Waals surface area contributed by atoms with Gasteiger partial charge in [-0.3, -0.25) is 4.79 Å². The van der Waals surface area contributed by atoms with Crippen LogP contribution in [0.25, 0.3) is 10.9 Å². The highest BCUT2D eigenvalue weighted by Gasteiger charge is 2.17. The summed E-state index contributed by atoms with van der Waals surface area (Å²) < 4.78 is 8.74. The molecule has 0 aliphatic rings. The van der Waals surface area contributed by atoms with Crippen LogP contribution in [0.1, 0.15) is 52.6 Å². The Hall–Kier alpha value is -3.58. The molecule has 0 spiro atoms. The normalized spacial score (nSPS) is 12.8. The van der Waals surface area contributed by atoms with Gasteiger partial charge in [-0.05, 0) is 86.8 Å². The maximum Gasteiger partial charge on any atom is 0.344 e. The van der Waals surface area contributed by atoms with Crippen LogP contribution in [0.4, 0.5) is 0 Å². The summed E-state index contributed by atoms with van der Waals surface area (Å²) in [4.78, 5) is 24.2. The molecule has 0 aliphatic heterocycles. The first-order valence-corrected chi connectivity index (χ1v) is 12.6. The molecule has 1 heterocycles. The molecule has 36 heavy (non-hydrogen) atoms. The number of carbonyl (C=O) groups is 2. The van der Waals surface area contributed by atoms with Crippen molar-refractivity contribution >= 4 is 38.7 Å². The quantitative estimate of drug-likeness (QED) is 0.266. The number of nitrogens with one attached hydrogen (secondary N) is 1. The fourth-order valence-corrected chi connectivity index (χ4v) is 4.53. The summed E-state index contributed by atoms with van der Waals surface area (Å²) in [6.07, 6.45) is -0.923. The van der Waals surface area contributed by atoms with Crippen LogP contribution in [0.5, 0.6) is 5.75 Å². The van der Waals surface area contributed by atoms with E-state index in [1.165, 1.54) is 6.92 Å². The van der Waals surface area contributed by atoms with Gasteiger partial charge in [-0.1, -0.05) is 40.2 Å². The largest absolute Gasteiger partial charge is 0.479 e. The minimum Gasteiger partial charge on any atom is -0.479 e. The first kappa shape index (κ1) is 25.5. The Morgan fingerprint density at radius 2 is 1.75 bits per heavy atom. The average Bonchev–Trinajstić information content (AvgIpc) is 3.08. The summed E-state index contributed by atoms with van der Waals surface area (Å²) in [7, 11) is 0. The smallest absolute Gasteiger partial charge is 0.344 e. The van der Waals surface area contributed by atoms with E-state index in [9.17, 15) is 9.59 Å². The highest BCUT2D eigenvalue weighted by atomic mass is 79.9. The van der Waals surface area contributed by atoms with Gasteiger partial charge in [0.05, 0.1) is 6.04 Å². The first-order valence-electron chi connectivity index (χ1n) is 11.8. The monoisotopic (exact) mass is 548 g/mol. The van der Waals surface area contributed by atoms with Crippen molar-refractivity contribution in [2.75, 3.05) is 0 Å². The number of rotatable bonds is 8. The molecule has 186 valence electrons. The predicted octanol–water partition coefficient (Wildman–Crippen LogP) is 6.41. The van der Waals surface area contributed by atoms with Gasteiger partial charge in [0.2, 0.25) is 0 Å². The molecule has 6 nitrogen and oxygen atoms in total. The van der Waals surface area contributed by atoms with Gasteiger partial charge < -0.3 is 19.7 Å². The van der Waals surface area contributed by atoms with Crippen molar-refractivity contribution in [1.82, 2.24) is 9.88 Å². The van der Waals surface area contributed by atoms with Crippen molar-refractivity contribution < 1.29 is 19.4 Å². The van der Waals surface area contributed by atoms with Gasteiger partial charge in [0, 0.05) is 33.2 Å². The zero-order valence-electron chi connectivity index (χ0n) is 20.7. The molecule has 0 fully saturated rings. The number of aliphatic carboxylic acids is 1. The number of carboxylic acid groups (broad SMARTS) is 1. The molecular formula is C29H29BrN2O4. The van der Waals surface area contributed by atoms with Crippen molar-refractivity contribution in [1.29, 1.82) is 0 Å². The van der Waals surface area contributed by atoms with Gasteiger partial charge in [-0.25, -0.2) is 4.79 Å². The molecule has 4 aromatic rings. The fourth-order valence-electron chi connectivity index (χ4n) is 4.26. The summed E-state index contributed by atoms with van der Waals surface area (Å²) in [5, 5.41) is 13.2. The van der Waals surface area contributed by atoms with Crippen LogP contribution < -0.4 is 10.1 Å². The lowest BCUT2D eigenvalue weighted by Crippen LogP contribution is -2.26. The maximum atomic E-state index is 13.0. The lowest BCUT2D eigenvalue weighted by Gasteiger charge is -2.15. The molecule has 2 N–H and O–H groups in total. The van der Waals surface area contributed by atoms with Crippen molar-refractivity contribution in [3.8, 4) is 5.75 Å². The molecule has 1 aromatic heterocycles. The topological polar surface area (TPSA) is 80.6 Å². The van der Waals surface area contributed by atoms with Gasteiger partial charge in [0.25, 0.3) is 5.91 Å². The number of amides is 1. The number of aromatic nitrogens is 1. The van der Waals surface area contributed by atoms with Gasteiger partial charge in [0.1, 0.15) is 5.75 Å². The highest BCUT2D eigenvalue weighted by Crippen LogP contribution is 2.28. The van der Waals surface area contributed by atoms with E-state index in [1.54, 1.807) is 6.07 Å². The number of hydrogen-bond donors (Lipinski definition) is 2. The van der Waals surface area contributed by atoms with E-state index in [0.29, 0.717) is 17.9 Å². The number of carboxylic acids is 1. The highest BCUT2D eigenvalue weighted by molar-refractivity contribution is 9.10. The maximum absolute atomic E-state index is 13.0. The second-order valence-corrected chi connectivity index (χ2v) is 9.94. The van der Waals surface area contributed by atoms with Gasteiger partial charge in [0.15, 0.2) is 6.10 Å². The molecule has 7 heteroatoms. The number of hydrogen-bond acceptors (Lipinski definition) is 3. The van der Waals surface area contributed by atoms with E-state index in [1.807, 2.05) is 67.6 Å². The van der Waals surface area contributed by atoms with E-state index in [-0.39, 0.29) is 11.9 Å². The van der Waals surface area contributed by atoms with E-state index in [0.717, 1.165) is 37.8 Å². The number of aryl methyl sites for hydroxylation is 1. The molecule has 0 radical (unpaired) electrons. The first-order chi connectivity index (χ1) is 17.1. The zero-order valence-corrected chi connectivity index (χ0v) is 22.3. The third-order valence-electron chi connectivity index (χ3n) is 6.52. The summed E-state index contributed by atoms with van der Waals surface area (Å²) in [5.41, 5.74) is 5.91. The van der Waals surface area contributed by atoms with Crippen molar-refractivity contribution in [2.45, 2.75) is 46.4 Å². The summed E-state index contributed by atoms with van der Waals surface area (Å²) >= 11 is 3.44. The SMILES string of the molecule is Cc1c(C)n(Cc2cccc(O[C@@H](C)C(=O)O)c2)c2ccc(C(=O)N[C@@H](C)c3ccc(Br)cc3)cc12. The van der Waals surface area contributed by atoms with E-state index in [2.05, 4.69) is 39.7 Å². The third kappa shape index (κ3) is 5.46. The lowest BCUT2D eigenvalue weighted by atomic mass is 10.1. The van der Waals surface area contributed by atoms with Crippen molar-refractivity contribution in [2.24, 2.45) is 0 Å². The van der Waals surface area contributed by atoms with Gasteiger partial charge >= 0.3 is 5.97 Å². The van der Waals surface area contributed by atoms with Gasteiger partial charge in [-0.15, -0.1) is 0 Å². The molecule has 4 rings (SSSR count). The number of ether oxygens (including phenoxy) is 1. The average molecular weight is 549 g/mol. The molecule has 0 saturated heterocycles. The molecule has 0 aliphatic carbocycles. The van der Waals surface area contributed by atoms with E-state index in [4.69, 9.17) is 9.84 Å². The zero-order chi connectivity index (χ0) is 26.0. The number of nitrogens with zero attached hydrogens (tertiary/aromatic N) is 1. The standard InChI is InChI=1S/C29H29BrN2O4/c1-17-19(3)32(16-21-6-5-7-25(14-21)36-20(4)29(34)35)27-13-10-23(15-26(17)27)28(33)31-18(2)22-8-11-24(30)12-9-22/h5-15,18,20H,16H2,1-4H3,(H,31,33)(H,34,35)/t18-,20-/m0/s1. The van der Waals surface area contributed by atoms with E-state index >= 15 is 0 Å². The molecule has 2 atom stereocenters. The number of fused-ring (bicyclic) bond motifs is 1. The van der Waals surface area contributed by atoms with Crippen LogP contribution in [-0.2, 0) is 11.3 Å². The van der Waals surface area contributed by atoms with Crippen molar-refractivity contribution in [3.63, 3.8) is 0 Å². The molecule has 3 aromatic carbocycles. The van der Waals surface area contributed by atoms with Crippen molar-refractivity contribution in [3.05, 3.63) is 99.2 Å². The Morgan fingerprint density at radius 3 is 2.44 bits per heavy atom. The minimum atomic E-state index is -1.01. The fraction of sp³-hybridized carbons (Fsp3) is 0.241. The minimum absolute atomic E-state index is 0.116. The Labute approximate surface area is 219 Å². The van der Waals surface area contributed by atoms with Crippen LogP contribution in [0, 0.1) is 13.8 Å². The molecule has 1 amide bonds. The Kier molecular flexibility index (Phi) is 7.50. The van der Waals surface area contributed by atoms with Crippen LogP contribution in [0.3, 0.4) is 0 Å². The molecule has 0 bridgehead atoms. The molecular weight excluding hydrogens is 520 g/mol. The second-order valence-electron chi connectivity index (χ2n) is 9.02. The number of carbonyl (C=O) groups excluding carboxylic acids is 1. The summed E-state index contributed by atoms with van der Waals surface area (Å²) in [6, 6.07) is 21.1. The number of halogens is 1. The van der Waals surface area contributed by atoms with Crippen LogP contribution in [-0.4, -0.2) is 27.7 Å². The van der Waals surface area contributed by atoms with E-state index < -0.39 is 12.1 Å². The van der Waals surface area contributed by atoms with Crippen LogP contribution >= 0.6 is 15.9 Å². The Balaban J connectivity index is 1.57. The van der Waals surface area contributed by atoms with Gasteiger partial charge in [-0.2, -0.15) is 0 Å². The molecule has 0 saturated carbocycles. The second kappa shape index (κ2) is 10.6.